The van der Waals surface area contributed by atoms with Gasteiger partial charge in [-0.25, -0.2) is 4.98 Å². The van der Waals surface area contributed by atoms with Crippen molar-refractivity contribution in [3.63, 3.8) is 0 Å². The van der Waals surface area contributed by atoms with Crippen LogP contribution in [0, 0.1) is 6.92 Å². The smallest absolute Gasteiger partial charge is 0.0897 e. The van der Waals surface area contributed by atoms with Gasteiger partial charge in [-0.3, -0.25) is 4.90 Å². The van der Waals surface area contributed by atoms with Gasteiger partial charge in [-0.1, -0.05) is 0 Å². The number of piperazine rings is 1. The fourth-order valence-corrected chi connectivity index (χ4v) is 2.79. The quantitative estimate of drug-likeness (QED) is 0.829. The van der Waals surface area contributed by atoms with Crippen LogP contribution in [-0.2, 0) is 6.54 Å². The van der Waals surface area contributed by atoms with E-state index in [-0.39, 0.29) is 5.54 Å². The highest BCUT2D eigenvalue weighted by atomic mass is 32.1. The van der Waals surface area contributed by atoms with Crippen molar-refractivity contribution in [1.82, 2.24) is 15.2 Å². The number of aryl methyl sites for hydroxylation is 1. The fraction of sp³-hybridized carbons (Fsp3) is 0.727. The molecule has 15 heavy (non-hydrogen) atoms. The van der Waals surface area contributed by atoms with Crippen molar-refractivity contribution in [2.45, 2.75) is 32.9 Å². The molecule has 1 aromatic rings. The third kappa shape index (κ3) is 2.56. The standard InChI is InChI=1S/C11H19N3S/c1-9-13-6-10(15-9)7-14-5-4-12-8-11(14,2)3/h6,12H,4-5,7-8H2,1-3H3. The normalized spacial score (nSPS) is 21.8. The van der Waals surface area contributed by atoms with Crippen LogP contribution in [0.1, 0.15) is 23.7 Å². The molecule has 84 valence electrons. The number of rotatable bonds is 2. The average molecular weight is 225 g/mol. The van der Waals surface area contributed by atoms with Crippen molar-refractivity contribution in [1.29, 1.82) is 0 Å². The first kappa shape index (κ1) is 11.0. The Labute approximate surface area is 95.5 Å². The minimum Gasteiger partial charge on any atom is -0.314 e. The molecule has 0 radical (unpaired) electrons. The van der Waals surface area contributed by atoms with Gasteiger partial charge in [0.05, 0.1) is 5.01 Å². The molecule has 1 saturated heterocycles. The Morgan fingerprint density at radius 2 is 2.40 bits per heavy atom. The van der Waals surface area contributed by atoms with Crippen molar-refractivity contribution in [2.75, 3.05) is 19.6 Å². The molecule has 3 nitrogen and oxygen atoms in total. The van der Waals surface area contributed by atoms with Crippen molar-refractivity contribution in [3.05, 3.63) is 16.1 Å². The summed E-state index contributed by atoms with van der Waals surface area (Å²) in [5, 5.41) is 4.61. The molecule has 0 saturated carbocycles. The molecule has 1 fully saturated rings. The largest absolute Gasteiger partial charge is 0.314 e. The maximum Gasteiger partial charge on any atom is 0.0897 e. The minimum atomic E-state index is 0.260. The van der Waals surface area contributed by atoms with Crippen LogP contribution >= 0.6 is 11.3 Å². The van der Waals surface area contributed by atoms with Crippen LogP contribution in [0.25, 0.3) is 0 Å². The van der Waals surface area contributed by atoms with E-state index in [4.69, 9.17) is 0 Å². The number of nitrogens with one attached hydrogen (secondary N) is 1. The predicted molar refractivity (Wildman–Crippen MR) is 64.2 cm³/mol. The van der Waals surface area contributed by atoms with Gasteiger partial charge in [0.2, 0.25) is 0 Å². The summed E-state index contributed by atoms with van der Waals surface area (Å²) in [6, 6.07) is 0. The Kier molecular flexibility index (Phi) is 3.09. The van der Waals surface area contributed by atoms with Crippen LogP contribution < -0.4 is 5.32 Å². The molecule has 0 atom stereocenters. The molecule has 0 aromatic carbocycles. The van der Waals surface area contributed by atoms with Gasteiger partial charge in [-0.15, -0.1) is 11.3 Å². The second-order valence-electron chi connectivity index (χ2n) is 4.76. The van der Waals surface area contributed by atoms with E-state index in [0.717, 1.165) is 31.2 Å². The Hall–Kier alpha value is -0.450. The third-order valence-corrected chi connectivity index (χ3v) is 3.89. The molecule has 2 rings (SSSR count). The zero-order valence-corrected chi connectivity index (χ0v) is 10.5. The first-order valence-corrected chi connectivity index (χ1v) is 6.27. The molecule has 1 aromatic heterocycles. The topological polar surface area (TPSA) is 28.2 Å². The molecule has 0 amide bonds. The maximum absolute atomic E-state index is 4.31. The number of thiazole rings is 1. The van der Waals surface area contributed by atoms with Gasteiger partial charge in [0.15, 0.2) is 0 Å². The maximum atomic E-state index is 4.31. The lowest BCUT2D eigenvalue weighted by molar-refractivity contribution is 0.0838. The number of aromatic nitrogens is 1. The lowest BCUT2D eigenvalue weighted by atomic mass is 10.0. The molecule has 2 heterocycles. The number of hydrogen-bond acceptors (Lipinski definition) is 4. The summed E-state index contributed by atoms with van der Waals surface area (Å²) in [5.41, 5.74) is 0.260. The molecule has 0 bridgehead atoms. The van der Waals surface area contributed by atoms with Gasteiger partial charge in [0.25, 0.3) is 0 Å². The van der Waals surface area contributed by atoms with E-state index < -0.39 is 0 Å². The number of hydrogen-bond donors (Lipinski definition) is 1. The highest BCUT2D eigenvalue weighted by Crippen LogP contribution is 2.21. The summed E-state index contributed by atoms with van der Waals surface area (Å²) in [6.07, 6.45) is 2.01. The average Bonchev–Trinajstić information content (AvgIpc) is 2.55. The van der Waals surface area contributed by atoms with E-state index in [1.807, 2.05) is 17.5 Å². The first-order chi connectivity index (χ1) is 7.08. The van der Waals surface area contributed by atoms with E-state index in [2.05, 4.69) is 36.0 Å². The van der Waals surface area contributed by atoms with Crippen molar-refractivity contribution >= 4 is 11.3 Å². The van der Waals surface area contributed by atoms with Crippen LogP contribution in [0.5, 0.6) is 0 Å². The zero-order chi connectivity index (χ0) is 10.9. The molecule has 1 aliphatic rings. The van der Waals surface area contributed by atoms with Gasteiger partial charge >= 0.3 is 0 Å². The van der Waals surface area contributed by atoms with Crippen molar-refractivity contribution < 1.29 is 0 Å². The van der Waals surface area contributed by atoms with Crippen molar-refractivity contribution in [3.8, 4) is 0 Å². The first-order valence-electron chi connectivity index (χ1n) is 5.45. The second-order valence-corrected chi connectivity index (χ2v) is 6.08. The van der Waals surface area contributed by atoms with Gasteiger partial charge in [-0.05, 0) is 20.8 Å². The van der Waals surface area contributed by atoms with E-state index >= 15 is 0 Å². The zero-order valence-electron chi connectivity index (χ0n) is 9.71. The van der Waals surface area contributed by atoms with Crippen LogP contribution in [-0.4, -0.2) is 35.1 Å². The molecule has 1 N–H and O–H groups in total. The fourth-order valence-electron chi connectivity index (χ4n) is 1.98. The minimum absolute atomic E-state index is 0.260. The Morgan fingerprint density at radius 1 is 1.60 bits per heavy atom. The molecular weight excluding hydrogens is 206 g/mol. The molecule has 4 heteroatoms. The monoisotopic (exact) mass is 225 g/mol. The number of nitrogens with zero attached hydrogens (tertiary/aromatic N) is 2. The van der Waals surface area contributed by atoms with E-state index in [9.17, 15) is 0 Å². The summed E-state index contributed by atoms with van der Waals surface area (Å²) in [7, 11) is 0. The van der Waals surface area contributed by atoms with E-state index in [0.29, 0.717) is 0 Å². The second kappa shape index (κ2) is 4.20. The third-order valence-electron chi connectivity index (χ3n) is 2.99. The van der Waals surface area contributed by atoms with Gasteiger partial charge in [-0.2, -0.15) is 0 Å². The van der Waals surface area contributed by atoms with Gasteiger partial charge in [0, 0.05) is 42.8 Å². The Balaban J connectivity index is 2.04. The van der Waals surface area contributed by atoms with E-state index in [1.165, 1.54) is 4.88 Å². The Bertz CT molecular complexity index is 332. The predicted octanol–water partition coefficient (Wildman–Crippen LogP) is 1.64. The summed E-state index contributed by atoms with van der Waals surface area (Å²) in [5.74, 6) is 0. The SMILES string of the molecule is Cc1ncc(CN2CCNCC2(C)C)s1. The summed E-state index contributed by atoms with van der Waals surface area (Å²) in [4.78, 5) is 8.22. The molecular formula is C11H19N3S. The lowest BCUT2D eigenvalue weighted by Gasteiger charge is -2.42. The van der Waals surface area contributed by atoms with Crippen LogP contribution in [0.15, 0.2) is 6.20 Å². The van der Waals surface area contributed by atoms with Gasteiger partial charge in [0.1, 0.15) is 0 Å². The van der Waals surface area contributed by atoms with Gasteiger partial charge < -0.3 is 5.32 Å². The highest BCUT2D eigenvalue weighted by molar-refractivity contribution is 7.11. The summed E-state index contributed by atoms with van der Waals surface area (Å²) >= 11 is 1.81. The van der Waals surface area contributed by atoms with Crippen LogP contribution in [0.2, 0.25) is 0 Å². The molecule has 0 spiro atoms. The molecule has 1 aliphatic heterocycles. The highest BCUT2D eigenvalue weighted by Gasteiger charge is 2.29. The Morgan fingerprint density at radius 3 is 3.00 bits per heavy atom. The lowest BCUT2D eigenvalue weighted by Crippen LogP contribution is -2.57. The summed E-state index contributed by atoms with van der Waals surface area (Å²) < 4.78 is 0. The van der Waals surface area contributed by atoms with Crippen LogP contribution in [0.4, 0.5) is 0 Å². The van der Waals surface area contributed by atoms with Crippen LogP contribution in [0.3, 0.4) is 0 Å². The molecule has 0 aliphatic carbocycles. The van der Waals surface area contributed by atoms with E-state index in [1.54, 1.807) is 0 Å². The summed E-state index contributed by atoms with van der Waals surface area (Å²) in [6.45, 7) is 11.0. The van der Waals surface area contributed by atoms with Crippen molar-refractivity contribution in [2.24, 2.45) is 0 Å². The molecule has 0 unspecified atom stereocenters.